The summed E-state index contributed by atoms with van der Waals surface area (Å²) in [5, 5.41) is 0. The normalized spacial score (nSPS) is 26.1. The Morgan fingerprint density at radius 1 is 1.89 bits per heavy atom. The van der Waals surface area contributed by atoms with Crippen LogP contribution in [0.4, 0.5) is 4.79 Å². The maximum absolute atomic E-state index is 10.5. The second-order valence-electron chi connectivity index (χ2n) is 1.94. The van der Waals surface area contributed by atoms with Crippen molar-refractivity contribution in [3.8, 4) is 0 Å². The molecule has 1 aliphatic rings. The molecule has 1 heterocycles. The summed E-state index contributed by atoms with van der Waals surface area (Å²) in [6.07, 6.45) is -0.351. The van der Waals surface area contributed by atoms with Crippen molar-refractivity contribution in [2.45, 2.75) is 6.10 Å². The molecule has 0 aromatic heterocycles. The fourth-order valence-corrected chi connectivity index (χ4v) is 0.672. The van der Waals surface area contributed by atoms with E-state index in [2.05, 4.69) is 4.74 Å². The van der Waals surface area contributed by atoms with Crippen molar-refractivity contribution in [1.82, 2.24) is 4.90 Å². The van der Waals surface area contributed by atoms with Crippen LogP contribution in [0.2, 0.25) is 0 Å². The molecular formula is C5H7NO3. The van der Waals surface area contributed by atoms with Gasteiger partial charge in [-0.25, -0.2) is 4.79 Å². The second kappa shape index (κ2) is 2.05. The first-order valence-electron chi connectivity index (χ1n) is 2.61. The SMILES string of the molecule is CN1C[C@@H](C=O)OC1=O. The molecule has 0 aliphatic carbocycles. The molecule has 0 N–H and O–H groups in total. The number of carbonyl (C=O) groups is 2. The van der Waals surface area contributed by atoms with E-state index >= 15 is 0 Å². The first-order chi connectivity index (χ1) is 4.24. The molecule has 0 radical (unpaired) electrons. The van der Waals surface area contributed by atoms with Crippen molar-refractivity contribution < 1.29 is 14.3 Å². The minimum Gasteiger partial charge on any atom is -0.436 e. The Hall–Kier alpha value is -1.06. The molecule has 1 amide bonds. The van der Waals surface area contributed by atoms with Crippen LogP contribution in [0.15, 0.2) is 0 Å². The van der Waals surface area contributed by atoms with Crippen LogP contribution in [-0.2, 0) is 9.53 Å². The van der Waals surface area contributed by atoms with Gasteiger partial charge in [-0.3, -0.25) is 4.79 Å². The number of hydrogen-bond acceptors (Lipinski definition) is 3. The highest BCUT2D eigenvalue weighted by molar-refractivity contribution is 5.74. The van der Waals surface area contributed by atoms with Crippen molar-refractivity contribution in [2.75, 3.05) is 13.6 Å². The van der Waals surface area contributed by atoms with E-state index in [4.69, 9.17) is 0 Å². The molecule has 0 spiro atoms. The van der Waals surface area contributed by atoms with Crippen LogP contribution in [0.1, 0.15) is 0 Å². The van der Waals surface area contributed by atoms with E-state index in [9.17, 15) is 9.59 Å². The van der Waals surface area contributed by atoms with Crippen molar-refractivity contribution in [3.05, 3.63) is 0 Å². The largest absolute Gasteiger partial charge is 0.436 e. The van der Waals surface area contributed by atoms with Gasteiger partial charge in [0.1, 0.15) is 0 Å². The van der Waals surface area contributed by atoms with Crippen molar-refractivity contribution >= 4 is 12.4 Å². The van der Waals surface area contributed by atoms with E-state index in [0.717, 1.165) is 0 Å². The van der Waals surface area contributed by atoms with Crippen LogP contribution in [0.5, 0.6) is 0 Å². The molecule has 0 aromatic carbocycles. The monoisotopic (exact) mass is 129 g/mol. The Labute approximate surface area is 52.4 Å². The summed E-state index contributed by atoms with van der Waals surface area (Å²) < 4.78 is 4.54. The van der Waals surface area contributed by atoms with Crippen LogP contribution >= 0.6 is 0 Å². The summed E-state index contributed by atoms with van der Waals surface area (Å²) in [7, 11) is 1.59. The first kappa shape index (κ1) is 6.07. The number of carbonyl (C=O) groups excluding carboxylic acids is 2. The molecule has 0 aromatic rings. The van der Waals surface area contributed by atoms with E-state index in [1.807, 2.05) is 0 Å². The van der Waals surface area contributed by atoms with Crippen LogP contribution in [0.25, 0.3) is 0 Å². The fourth-order valence-electron chi connectivity index (χ4n) is 0.672. The Kier molecular flexibility index (Phi) is 1.38. The molecule has 0 bridgehead atoms. The Balaban J connectivity index is 2.53. The lowest BCUT2D eigenvalue weighted by atomic mass is 10.4. The fraction of sp³-hybridized carbons (Fsp3) is 0.600. The average molecular weight is 129 g/mol. The molecular weight excluding hydrogens is 122 g/mol. The molecule has 4 nitrogen and oxygen atoms in total. The van der Waals surface area contributed by atoms with Gasteiger partial charge in [0.05, 0.1) is 6.54 Å². The van der Waals surface area contributed by atoms with Gasteiger partial charge in [-0.05, 0) is 0 Å². The van der Waals surface area contributed by atoms with Crippen LogP contribution < -0.4 is 0 Å². The van der Waals surface area contributed by atoms with Gasteiger partial charge in [-0.2, -0.15) is 0 Å². The number of nitrogens with zero attached hydrogens (tertiary/aromatic N) is 1. The number of amides is 1. The van der Waals surface area contributed by atoms with Crippen molar-refractivity contribution in [3.63, 3.8) is 0 Å². The summed E-state index contributed by atoms with van der Waals surface area (Å²) in [5.41, 5.74) is 0. The van der Waals surface area contributed by atoms with E-state index in [0.29, 0.717) is 12.8 Å². The third kappa shape index (κ3) is 1.01. The first-order valence-corrected chi connectivity index (χ1v) is 2.61. The predicted octanol–water partition coefficient (Wildman–Crippen LogP) is -0.364. The standard InChI is InChI=1S/C5H7NO3/c1-6-2-4(3-7)9-5(6)8/h3-4H,2H2,1H3/t4-/m0/s1. The smallest absolute Gasteiger partial charge is 0.410 e. The highest BCUT2D eigenvalue weighted by Crippen LogP contribution is 2.05. The van der Waals surface area contributed by atoms with Gasteiger partial charge in [-0.15, -0.1) is 0 Å². The van der Waals surface area contributed by atoms with Gasteiger partial charge in [-0.1, -0.05) is 0 Å². The van der Waals surface area contributed by atoms with Crippen LogP contribution in [0.3, 0.4) is 0 Å². The van der Waals surface area contributed by atoms with Crippen LogP contribution in [-0.4, -0.2) is 37.0 Å². The second-order valence-corrected chi connectivity index (χ2v) is 1.94. The van der Waals surface area contributed by atoms with Crippen molar-refractivity contribution in [1.29, 1.82) is 0 Å². The highest BCUT2D eigenvalue weighted by atomic mass is 16.6. The molecule has 1 atom stereocenters. The van der Waals surface area contributed by atoms with E-state index in [1.54, 1.807) is 7.05 Å². The third-order valence-electron chi connectivity index (χ3n) is 1.17. The van der Waals surface area contributed by atoms with Gasteiger partial charge >= 0.3 is 6.09 Å². The lowest BCUT2D eigenvalue weighted by molar-refractivity contribution is -0.113. The highest BCUT2D eigenvalue weighted by Gasteiger charge is 2.27. The van der Waals surface area contributed by atoms with Crippen LogP contribution in [0, 0.1) is 0 Å². The zero-order valence-electron chi connectivity index (χ0n) is 5.03. The number of hydrogen-bond donors (Lipinski definition) is 0. The zero-order valence-corrected chi connectivity index (χ0v) is 5.03. The minimum absolute atomic E-state index is 0.377. The average Bonchev–Trinajstić information content (AvgIpc) is 2.13. The van der Waals surface area contributed by atoms with Gasteiger partial charge in [0.15, 0.2) is 12.4 Å². The Morgan fingerprint density at radius 3 is 2.78 bits per heavy atom. The zero-order chi connectivity index (χ0) is 6.85. The number of rotatable bonds is 1. The molecule has 0 saturated carbocycles. The molecule has 1 fully saturated rings. The molecule has 1 rings (SSSR count). The Morgan fingerprint density at radius 2 is 2.56 bits per heavy atom. The van der Waals surface area contributed by atoms with E-state index in [-0.39, 0.29) is 0 Å². The summed E-state index contributed by atoms with van der Waals surface area (Å²) >= 11 is 0. The quantitative estimate of drug-likeness (QED) is 0.454. The number of ether oxygens (including phenoxy) is 1. The minimum atomic E-state index is -0.553. The lowest BCUT2D eigenvalue weighted by Crippen LogP contribution is -2.19. The molecule has 9 heavy (non-hydrogen) atoms. The van der Waals surface area contributed by atoms with Gasteiger partial charge in [0.2, 0.25) is 0 Å². The predicted molar refractivity (Wildman–Crippen MR) is 29.0 cm³/mol. The Bertz CT molecular complexity index is 145. The lowest BCUT2D eigenvalue weighted by Gasteiger charge is -1.99. The summed E-state index contributed by atoms with van der Waals surface area (Å²) in [4.78, 5) is 21.8. The van der Waals surface area contributed by atoms with Gasteiger partial charge in [0, 0.05) is 7.05 Å². The topological polar surface area (TPSA) is 46.6 Å². The van der Waals surface area contributed by atoms with E-state index < -0.39 is 12.2 Å². The maximum atomic E-state index is 10.5. The van der Waals surface area contributed by atoms with Crippen molar-refractivity contribution in [2.24, 2.45) is 0 Å². The summed E-state index contributed by atoms with van der Waals surface area (Å²) in [5.74, 6) is 0. The van der Waals surface area contributed by atoms with E-state index in [1.165, 1.54) is 4.90 Å². The number of likely N-dealkylation sites (N-methyl/N-ethyl adjacent to an activating group) is 1. The van der Waals surface area contributed by atoms with Gasteiger partial charge < -0.3 is 9.64 Å². The number of aldehydes is 1. The molecule has 0 unspecified atom stereocenters. The molecule has 1 aliphatic heterocycles. The summed E-state index contributed by atoms with van der Waals surface area (Å²) in [6.45, 7) is 0.377. The summed E-state index contributed by atoms with van der Waals surface area (Å²) in [6, 6.07) is 0. The molecule has 4 heteroatoms. The molecule has 1 saturated heterocycles. The third-order valence-corrected chi connectivity index (χ3v) is 1.17. The molecule has 50 valence electrons. The van der Waals surface area contributed by atoms with Gasteiger partial charge in [0.25, 0.3) is 0 Å². The maximum Gasteiger partial charge on any atom is 0.410 e. The number of cyclic esters (lactones) is 1.